The number of hydrogen-bond acceptors (Lipinski definition) is 6. The van der Waals surface area contributed by atoms with Gasteiger partial charge in [-0.1, -0.05) is 19.8 Å². The maximum absolute atomic E-state index is 12.2. The second kappa shape index (κ2) is 8.99. The Bertz CT molecular complexity index is 788. The Labute approximate surface area is 162 Å². The van der Waals surface area contributed by atoms with Crippen LogP contribution in [0.4, 0.5) is 0 Å². The Balaban J connectivity index is 1.52. The molecular formula is C20H24N2O4S. The van der Waals surface area contributed by atoms with Crippen molar-refractivity contribution in [2.45, 2.75) is 38.6 Å². The highest BCUT2D eigenvalue weighted by Crippen LogP contribution is 2.26. The van der Waals surface area contributed by atoms with Crippen LogP contribution in [0.3, 0.4) is 0 Å². The van der Waals surface area contributed by atoms with Crippen LogP contribution in [0.5, 0.6) is 5.75 Å². The molecule has 0 aliphatic heterocycles. The number of methoxy groups -OCH3 is 1. The van der Waals surface area contributed by atoms with Gasteiger partial charge in [0.25, 0.3) is 5.91 Å². The number of esters is 1. The van der Waals surface area contributed by atoms with E-state index in [9.17, 15) is 9.59 Å². The maximum atomic E-state index is 12.2. The molecule has 1 saturated carbocycles. The number of hydrogen-bond donors (Lipinski definition) is 1. The number of benzene rings is 1. The third kappa shape index (κ3) is 5.07. The van der Waals surface area contributed by atoms with Gasteiger partial charge in [0, 0.05) is 17.0 Å². The van der Waals surface area contributed by atoms with E-state index in [4.69, 9.17) is 9.47 Å². The van der Waals surface area contributed by atoms with Gasteiger partial charge in [0.2, 0.25) is 0 Å². The Morgan fingerprint density at radius 2 is 1.96 bits per heavy atom. The molecule has 7 heteroatoms. The normalized spacial score (nSPS) is 19.3. The molecular weight excluding hydrogens is 364 g/mol. The van der Waals surface area contributed by atoms with Gasteiger partial charge in [-0.25, -0.2) is 9.78 Å². The van der Waals surface area contributed by atoms with Gasteiger partial charge in [0.05, 0.1) is 7.11 Å². The van der Waals surface area contributed by atoms with Crippen molar-refractivity contribution in [1.29, 1.82) is 0 Å². The summed E-state index contributed by atoms with van der Waals surface area (Å²) >= 11 is 1.35. The molecule has 1 aromatic carbocycles. The van der Waals surface area contributed by atoms with Gasteiger partial charge >= 0.3 is 5.97 Å². The molecule has 1 amide bonds. The number of carbonyl (C=O) groups excluding carboxylic acids is 2. The predicted molar refractivity (Wildman–Crippen MR) is 104 cm³/mol. The molecule has 1 aromatic heterocycles. The van der Waals surface area contributed by atoms with Crippen molar-refractivity contribution >= 4 is 23.2 Å². The van der Waals surface area contributed by atoms with Crippen LogP contribution in [0, 0.1) is 5.92 Å². The predicted octanol–water partition coefficient (Wildman–Crippen LogP) is 3.67. The molecule has 144 valence electrons. The van der Waals surface area contributed by atoms with Gasteiger partial charge in [-0.05, 0) is 43.0 Å². The monoisotopic (exact) mass is 388 g/mol. The van der Waals surface area contributed by atoms with Crippen LogP contribution in [0.1, 0.15) is 43.1 Å². The molecule has 6 nitrogen and oxygen atoms in total. The lowest BCUT2D eigenvalue weighted by Gasteiger charge is -2.29. The minimum absolute atomic E-state index is 0.172. The fourth-order valence-electron chi connectivity index (χ4n) is 3.22. The highest BCUT2D eigenvalue weighted by Gasteiger charge is 2.23. The zero-order valence-electron chi connectivity index (χ0n) is 15.6. The number of carbonyl (C=O) groups is 2. The number of amides is 1. The average Bonchev–Trinajstić information content (AvgIpc) is 3.18. The van der Waals surface area contributed by atoms with Crippen LogP contribution >= 0.6 is 11.3 Å². The van der Waals surface area contributed by atoms with Gasteiger partial charge in [-0.2, -0.15) is 0 Å². The molecule has 1 N–H and O–H groups in total. The van der Waals surface area contributed by atoms with Crippen molar-refractivity contribution in [2.24, 2.45) is 5.92 Å². The molecule has 0 radical (unpaired) electrons. The lowest BCUT2D eigenvalue weighted by molar-refractivity contribution is -0.125. The minimum Gasteiger partial charge on any atom is -0.497 e. The molecule has 1 aliphatic rings. The van der Waals surface area contributed by atoms with Crippen molar-refractivity contribution < 1.29 is 19.1 Å². The van der Waals surface area contributed by atoms with Gasteiger partial charge in [-0.3, -0.25) is 4.79 Å². The van der Waals surface area contributed by atoms with Gasteiger partial charge in [-0.15, -0.1) is 11.3 Å². The molecule has 0 saturated heterocycles. The van der Waals surface area contributed by atoms with E-state index in [1.165, 1.54) is 17.8 Å². The fraction of sp³-hybridized carbons (Fsp3) is 0.450. The molecule has 0 bridgehead atoms. The molecule has 0 unspecified atom stereocenters. The van der Waals surface area contributed by atoms with E-state index >= 15 is 0 Å². The third-order valence-corrected chi connectivity index (χ3v) is 5.73. The molecule has 27 heavy (non-hydrogen) atoms. The largest absolute Gasteiger partial charge is 0.497 e. The molecule has 2 atom stereocenters. The smallest absolute Gasteiger partial charge is 0.358 e. The third-order valence-electron chi connectivity index (χ3n) is 4.84. The van der Waals surface area contributed by atoms with Crippen molar-refractivity contribution in [2.75, 3.05) is 13.7 Å². The molecule has 1 heterocycles. The zero-order chi connectivity index (χ0) is 19.2. The van der Waals surface area contributed by atoms with Gasteiger partial charge in [0.1, 0.15) is 10.8 Å². The minimum atomic E-state index is -0.585. The van der Waals surface area contributed by atoms with Crippen molar-refractivity contribution in [3.05, 3.63) is 35.3 Å². The van der Waals surface area contributed by atoms with E-state index in [2.05, 4.69) is 17.2 Å². The van der Waals surface area contributed by atoms with Crippen molar-refractivity contribution in [3.63, 3.8) is 0 Å². The maximum Gasteiger partial charge on any atom is 0.358 e. The molecule has 0 spiro atoms. The fourth-order valence-corrected chi connectivity index (χ4v) is 4.01. The quantitative estimate of drug-likeness (QED) is 0.764. The summed E-state index contributed by atoms with van der Waals surface area (Å²) in [6, 6.07) is 7.61. The van der Waals surface area contributed by atoms with E-state index in [1.807, 2.05) is 24.3 Å². The second-order valence-corrected chi connectivity index (χ2v) is 7.64. The summed E-state index contributed by atoms with van der Waals surface area (Å²) in [4.78, 5) is 28.5. The van der Waals surface area contributed by atoms with E-state index in [-0.39, 0.29) is 24.2 Å². The van der Waals surface area contributed by atoms with Crippen molar-refractivity contribution in [1.82, 2.24) is 10.3 Å². The number of ether oxygens (including phenoxy) is 2. The summed E-state index contributed by atoms with van der Waals surface area (Å²) in [5, 5.41) is 5.33. The number of thiazole rings is 1. The van der Waals surface area contributed by atoms with Crippen LogP contribution in [0.2, 0.25) is 0 Å². The van der Waals surface area contributed by atoms with Gasteiger partial charge in [0.15, 0.2) is 12.3 Å². The molecule has 1 aliphatic carbocycles. The summed E-state index contributed by atoms with van der Waals surface area (Å²) in [7, 11) is 1.61. The van der Waals surface area contributed by atoms with Crippen LogP contribution in [0.25, 0.3) is 10.6 Å². The first-order valence-corrected chi connectivity index (χ1v) is 10.0. The molecule has 2 aromatic rings. The zero-order valence-corrected chi connectivity index (χ0v) is 16.4. The highest BCUT2D eigenvalue weighted by atomic mass is 32.1. The van der Waals surface area contributed by atoms with E-state index < -0.39 is 5.97 Å². The summed E-state index contributed by atoms with van der Waals surface area (Å²) in [6.45, 7) is 1.86. The highest BCUT2D eigenvalue weighted by molar-refractivity contribution is 7.13. The lowest BCUT2D eigenvalue weighted by Crippen LogP contribution is -2.42. The number of rotatable bonds is 6. The van der Waals surface area contributed by atoms with Crippen LogP contribution in [0.15, 0.2) is 29.6 Å². The van der Waals surface area contributed by atoms with Crippen LogP contribution in [-0.4, -0.2) is 36.6 Å². The summed E-state index contributed by atoms with van der Waals surface area (Å²) < 4.78 is 10.3. The Kier molecular flexibility index (Phi) is 6.45. The Morgan fingerprint density at radius 3 is 2.67 bits per heavy atom. The molecule has 1 fully saturated rings. The first-order valence-electron chi connectivity index (χ1n) is 9.13. The number of nitrogens with zero attached hydrogens (tertiary/aromatic N) is 1. The Hall–Kier alpha value is -2.41. The summed E-state index contributed by atoms with van der Waals surface area (Å²) in [6.07, 6.45) is 4.45. The number of nitrogens with one attached hydrogen (secondary N) is 1. The van der Waals surface area contributed by atoms with E-state index in [0.717, 1.165) is 30.6 Å². The SMILES string of the molecule is COc1ccc(-c2nc(C(=O)OCC(=O)N[C@@H]3CCCC[C@@H]3C)cs2)cc1. The first-order chi connectivity index (χ1) is 13.1. The lowest BCUT2D eigenvalue weighted by atomic mass is 9.86. The summed E-state index contributed by atoms with van der Waals surface area (Å²) in [5.74, 6) is 0.378. The summed E-state index contributed by atoms with van der Waals surface area (Å²) in [5.41, 5.74) is 1.11. The number of aromatic nitrogens is 1. The van der Waals surface area contributed by atoms with Crippen LogP contribution < -0.4 is 10.1 Å². The topological polar surface area (TPSA) is 77.5 Å². The second-order valence-electron chi connectivity index (χ2n) is 6.78. The standard InChI is InChI=1S/C20H24N2O4S/c1-13-5-3-4-6-16(13)21-18(23)11-26-20(24)17-12-27-19(22-17)14-7-9-15(25-2)10-8-14/h7-10,12-13,16H,3-6,11H2,1-2H3,(H,21,23)/t13-,16+/m0/s1. The van der Waals surface area contributed by atoms with E-state index in [1.54, 1.807) is 12.5 Å². The molecule has 3 rings (SSSR count). The van der Waals surface area contributed by atoms with Gasteiger partial charge < -0.3 is 14.8 Å². The first kappa shape index (κ1) is 19.4. The Morgan fingerprint density at radius 1 is 1.22 bits per heavy atom. The van der Waals surface area contributed by atoms with Crippen LogP contribution in [-0.2, 0) is 9.53 Å². The van der Waals surface area contributed by atoms with Crippen molar-refractivity contribution in [3.8, 4) is 16.3 Å². The average molecular weight is 388 g/mol. The van der Waals surface area contributed by atoms with E-state index in [0.29, 0.717) is 10.9 Å².